The van der Waals surface area contributed by atoms with Gasteiger partial charge in [-0.3, -0.25) is 9.59 Å². The Labute approximate surface area is 157 Å². The molecule has 0 bridgehead atoms. The maximum atomic E-state index is 12.5. The summed E-state index contributed by atoms with van der Waals surface area (Å²) in [6.07, 6.45) is -3.42. The highest BCUT2D eigenvalue weighted by Gasteiger charge is 2.53. The van der Waals surface area contributed by atoms with E-state index in [0.717, 1.165) is 24.3 Å². The maximum Gasteiger partial charge on any atom is 0.416 e. The monoisotopic (exact) mass is 402 g/mol. The van der Waals surface area contributed by atoms with E-state index in [-0.39, 0.29) is 11.6 Å². The lowest BCUT2D eigenvalue weighted by Gasteiger charge is -2.29. The molecule has 3 rings (SSSR count). The molecule has 27 heavy (non-hydrogen) atoms. The highest BCUT2D eigenvalue weighted by Crippen LogP contribution is 2.47. The van der Waals surface area contributed by atoms with Crippen molar-refractivity contribution in [2.45, 2.75) is 36.9 Å². The van der Waals surface area contributed by atoms with Crippen LogP contribution in [0.25, 0.3) is 0 Å². The highest BCUT2D eigenvalue weighted by molar-refractivity contribution is 8.01. The van der Waals surface area contributed by atoms with E-state index in [1.165, 1.54) is 16.7 Å². The number of hydrogen-bond donors (Lipinski definition) is 1. The number of fused-ring (bicyclic) bond motifs is 1. The van der Waals surface area contributed by atoms with Gasteiger partial charge in [-0.15, -0.1) is 11.8 Å². The molecule has 1 aromatic rings. The van der Waals surface area contributed by atoms with Crippen molar-refractivity contribution in [3.8, 4) is 0 Å². The summed E-state index contributed by atoms with van der Waals surface area (Å²) >= 11 is 1.51. The normalized spacial score (nSPS) is 24.7. The summed E-state index contributed by atoms with van der Waals surface area (Å²) in [5.74, 6) is -1.05. The number of anilines is 1. The van der Waals surface area contributed by atoms with Crippen LogP contribution in [-0.2, 0) is 25.3 Å². The van der Waals surface area contributed by atoms with Crippen molar-refractivity contribution < 1.29 is 32.3 Å². The summed E-state index contributed by atoms with van der Waals surface area (Å²) in [5.41, 5.74) is -0.674. The molecule has 10 heteroatoms. The van der Waals surface area contributed by atoms with Crippen molar-refractivity contribution in [1.29, 1.82) is 0 Å². The number of esters is 1. The molecule has 2 fully saturated rings. The average Bonchev–Trinajstić information content (AvgIpc) is 3.09. The third kappa shape index (κ3) is 4.05. The molecule has 2 heterocycles. The van der Waals surface area contributed by atoms with Crippen LogP contribution in [0.4, 0.5) is 18.9 Å². The molecular formula is C17H17F3N2O4S. The van der Waals surface area contributed by atoms with Crippen LogP contribution in [0.2, 0.25) is 0 Å². The van der Waals surface area contributed by atoms with E-state index in [2.05, 4.69) is 5.32 Å². The van der Waals surface area contributed by atoms with Crippen LogP contribution in [0.15, 0.2) is 24.3 Å². The van der Waals surface area contributed by atoms with Gasteiger partial charge >= 0.3 is 12.1 Å². The van der Waals surface area contributed by atoms with Gasteiger partial charge in [0.15, 0.2) is 6.61 Å². The van der Waals surface area contributed by atoms with Crippen LogP contribution in [0.1, 0.15) is 25.3 Å². The number of hydrogen-bond acceptors (Lipinski definition) is 5. The first-order valence-electron chi connectivity index (χ1n) is 8.20. The number of nitrogens with one attached hydrogen (secondary N) is 1. The molecule has 146 valence electrons. The van der Waals surface area contributed by atoms with Gasteiger partial charge in [0.05, 0.1) is 10.4 Å². The summed E-state index contributed by atoms with van der Waals surface area (Å²) in [4.78, 5) is 37.2. The maximum absolute atomic E-state index is 12.5. The predicted octanol–water partition coefficient (Wildman–Crippen LogP) is 2.64. The number of halogens is 3. The lowest BCUT2D eigenvalue weighted by atomic mass is 10.2. The second kappa shape index (κ2) is 7.06. The first-order chi connectivity index (χ1) is 12.6. The Bertz CT molecular complexity index is 768. The van der Waals surface area contributed by atoms with Crippen LogP contribution < -0.4 is 5.32 Å². The molecule has 1 aromatic carbocycles. The van der Waals surface area contributed by atoms with Crippen molar-refractivity contribution in [3.05, 3.63) is 29.8 Å². The zero-order valence-corrected chi connectivity index (χ0v) is 15.2. The molecule has 0 unspecified atom stereocenters. The molecule has 0 aromatic heterocycles. The SMILES string of the molecule is C[C@]12CCC(=O)N1[C@H](C(=O)OCC(=O)Nc1ccc(C(F)(F)F)cc1)CS2. The van der Waals surface area contributed by atoms with Crippen LogP contribution in [0.5, 0.6) is 0 Å². The topological polar surface area (TPSA) is 75.7 Å². The van der Waals surface area contributed by atoms with E-state index in [1.807, 2.05) is 6.92 Å². The number of alkyl halides is 3. The summed E-state index contributed by atoms with van der Waals surface area (Å²) < 4.78 is 42.5. The van der Waals surface area contributed by atoms with Gasteiger partial charge < -0.3 is 15.0 Å². The third-order valence-corrected chi connectivity index (χ3v) is 6.06. The van der Waals surface area contributed by atoms with E-state index in [0.29, 0.717) is 18.6 Å². The molecular weight excluding hydrogens is 385 g/mol. The first-order valence-corrected chi connectivity index (χ1v) is 9.18. The zero-order valence-electron chi connectivity index (χ0n) is 14.3. The molecule has 2 atom stereocenters. The van der Waals surface area contributed by atoms with E-state index >= 15 is 0 Å². The van der Waals surface area contributed by atoms with Crippen LogP contribution in [0, 0.1) is 0 Å². The van der Waals surface area contributed by atoms with E-state index in [4.69, 9.17) is 4.74 Å². The van der Waals surface area contributed by atoms with Crippen LogP contribution >= 0.6 is 11.8 Å². The van der Waals surface area contributed by atoms with Gasteiger partial charge in [0.1, 0.15) is 6.04 Å². The quantitative estimate of drug-likeness (QED) is 0.784. The van der Waals surface area contributed by atoms with Gasteiger partial charge in [0.2, 0.25) is 5.91 Å². The fraction of sp³-hybridized carbons (Fsp3) is 0.471. The lowest BCUT2D eigenvalue weighted by Crippen LogP contribution is -2.47. The Balaban J connectivity index is 1.52. The standard InChI is InChI=1S/C17H17F3N2O4S/c1-16-7-6-14(24)22(16)12(9-27-16)15(25)26-8-13(23)21-11-4-2-10(3-5-11)17(18,19)20/h2-5,12H,6-9H2,1H3,(H,21,23)/t12-,16-/m0/s1. The largest absolute Gasteiger partial charge is 0.454 e. The predicted molar refractivity (Wildman–Crippen MR) is 91.8 cm³/mol. The molecule has 2 aliphatic rings. The van der Waals surface area contributed by atoms with Crippen LogP contribution in [0.3, 0.4) is 0 Å². The van der Waals surface area contributed by atoms with E-state index in [9.17, 15) is 27.6 Å². The molecule has 0 radical (unpaired) electrons. The number of benzene rings is 1. The molecule has 0 aliphatic carbocycles. The van der Waals surface area contributed by atoms with Crippen molar-refractivity contribution >= 4 is 35.2 Å². The van der Waals surface area contributed by atoms with Gasteiger partial charge in [-0.05, 0) is 37.6 Å². The zero-order chi connectivity index (χ0) is 19.8. The van der Waals surface area contributed by atoms with Crippen molar-refractivity contribution in [2.75, 3.05) is 17.7 Å². The smallest absolute Gasteiger partial charge is 0.416 e. The fourth-order valence-corrected chi connectivity index (χ4v) is 4.58. The third-order valence-electron chi connectivity index (χ3n) is 4.56. The number of ether oxygens (including phenoxy) is 1. The van der Waals surface area contributed by atoms with Gasteiger partial charge in [-0.2, -0.15) is 13.2 Å². The Morgan fingerprint density at radius 3 is 2.63 bits per heavy atom. The summed E-state index contributed by atoms with van der Waals surface area (Å²) in [5, 5.41) is 2.36. The molecule has 2 amide bonds. The second-order valence-electron chi connectivity index (χ2n) is 6.50. The minimum Gasteiger partial charge on any atom is -0.454 e. The van der Waals surface area contributed by atoms with Gasteiger partial charge in [0.25, 0.3) is 5.91 Å². The highest BCUT2D eigenvalue weighted by atomic mass is 32.2. The summed E-state index contributed by atoms with van der Waals surface area (Å²) in [6, 6.07) is 3.19. The number of carbonyl (C=O) groups is 3. The molecule has 0 saturated carbocycles. The van der Waals surface area contributed by atoms with Crippen molar-refractivity contribution in [1.82, 2.24) is 4.90 Å². The minimum absolute atomic E-state index is 0.112. The number of thioether (sulfide) groups is 1. The molecule has 6 nitrogen and oxygen atoms in total. The number of nitrogens with zero attached hydrogens (tertiary/aromatic N) is 1. The van der Waals surface area contributed by atoms with Gasteiger partial charge in [-0.1, -0.05) is 0 Å². The van der Waals surface area contributed by atoms with Crippen LogP contribution in [-0.4, -0.2) is 46.0 Å². The Hall–Kier alpha value is -2.23. The Morgan fingerprint density at radius 2 is 2.00 bits per heavy atom. The summed E-state index contributed by atoms with van der Waals surface area (Å²) in [7, 11) is 0. The first kappa shape index (κ1) is 19.5. The minimum atomic E-state index is -4.46. The average molecular weight is 402 g/mol. The molecule has 0 spiro atoms. The summed E-state index contributed by atoms with van der Waals surface area (Å²) in [6.45, 7) is 1.31. The fourth-order valence-electron chi connectivity index (χ4n) is 3.17. The van der Waals surface area contributed by atoms with Gasteiger partial charge in [0, 0.05) is 17.9 Å². The molecule has 1 N–H and O–H groups in total. The van der Waals surface area contributed by atoms with Crippen molar-refractivity contribution in [2.24, 2.45) is 0 Å². The van der Waals surface area contributed by atoms with E-state index in [1.54, 1.807) is 0 Å². The molecule has 2 aliphatic heterocycles. The van der Waals surface area contributed by atoms with Gasteiger partial charge in [-0.25, -0.2) is 4.79 Å². The van der Waals surface area contributed by atoms with Crippen molar-refractivity contribution in [3.63, 3.8) is 0 Å². The number of rotatable bonds is 4. The lowest BCUT2D eigenvalue weighted by molar-refractivity contribution is -0.155. The Kier molecular flexibility index (Phi) is 5.11. The molecule has 2 saturated heterocycles. The number of amides is 2. The number of carbonyl (C=O) groups excluding carboxylic acids is 3. The Morgan fingerprint density at radius 1 is 1.33 bits per heavy atom. The van der Waals surface area contributed by atoms with E-state index < -0.39 is 41.1 Å². The second-order valence-corrected chi connectivity index (χ2v) is 8.00.